The molecule has 4 rings (SSSR count). The summed E-state index contributed by atoms with van der Waals surface area (Å²) in [5.41, 5.74) is 2.38. The molecule has 1 aromatic carbocycles. The summed E-state index contributed by atoms with van der Waals surface area (Å²) in [6.07, 6.45) is 3.74. The molecule has 0 aliphatic heterocycles. The minimum Gasteiger partial charge on any atom is -0.487 e. The molecule has 1 saturated carbocycles. The van der Waals surface area contributed by atoms with Crippen molar-refractivity contribution in [3.8, 4) is 5.75 Å². The molecular formula is C18H18F2N4O3S2. The largest absolute Gasteiger partial charge is 0.487 e. The van der Waals surface area contributed by atoms with Gasteiger partial charge in [0.05, 0.1) is 5.51 Å². The number of rotatable bonds is 6. The van der Waals surface area contributed by atoms with E-state index in [9.17, 15) is 17.2 Å². The molecule has 2 atom stereocenters. The highest BCUT2D eigenvalue weighted by atomic mass is 32.2. The van der Waals surface area contributed by atoms with Crippen LogP contribution in [0, 0.1) is 11.6 Å². The summed E-state index contributed by atoms with van der Waals surface area (Å²) in [5.74, 6) is -2.31. The Morgan fingerprint density at radius 2 is 2.10 bits per heavy atom. The SMILES string of the molecule is Cn1nccc1[C@H]1CCC[C@@H]1Oc1cc(F)c(S(=O)(=O)Nc2cscn2)cc1F. The number of halogens is 2. The van der Waals surface area contributed by atoms with Crippen LogP contribution in [-0.2, 0) is 17.1 Å². The van der Waals surface area contributed by atoms with E-state index < -0.39 is 26.6 Å². The van der Waals surface area contributed by atoms with Gasteiger partial charge in [-0.1, -0.05) is 0 Å². The fourth-order valence-electron chi connectivity index (χ4n) is 3.58. The molecule has 0 unspecified atom stereocenters. The van der Waals surface area contributed by atoms with Gasteiger partial charge in [0, 0.05) is 42.4 Å². The van der Waals surface area contributed by atoms with Crippen LogP contribution in [0.1, 0.15) is 30.9 Å². The van der Waals surface area contributed by atoms with Crippen molar-refractivity contribution in [2.45, 2.75) is 36.2 Å². The Bertz CT molecular complexity index is 1120. The number of sulfonamides is 1. The van der Waals surface area contributed by atoms with Crippen molar-refractivity contribution in [2.75, 3.05) is 4.72 Å². The lowest BCUT2D eigenvalue weighted by molar-refractivity contribution is 0.178. The van der Waals surface area contributed by atoms with Crippen LogP contribution in [0.4, 0.5) is 14.6 Å². The molecule has 0 radical (unpaired) electrons. The fourth-order valence-corrected chi connectivity index (χ4v) is 5.21. The molecule has 1 fully saturated rings. The number of aryl methyl sites for hydroxylation is 1. The second-order valence-corrected chi connectivity index (χ2v) is 9.14. The van der Waals surface area contributed by atoms with Gasteiger partial charge in [-0.25, -0.2) is 22.2 Å². The van der Waals surface area contributed by atoms with E-state index in [0.717, 1.165) is 24.6 Å². The van der Waals surface area contributed by atoms with Crippen molar-refractivity contribution >= 4 is 27.2 Å². The predicted octanol–water partition coefficient (Wildman–Crippen LogP) is 3.67. The minimum atomic E-state index is -4.32. The molecule has 0 saturated heterocycles. The molecule has 11 heteroatoms. The van der Waals surface area contributed by atoms with Gasteiger partial charge in [0.15, 0.2) is 17.4 Å². The highest BCUT2D eigenvalue weighted by Crippen LogP contribution is 2.38. The maximum Gasteiger partial charge on any atom is 0.266 e. The van der Waals surface area contributed by atoms with E-state index >= 15 is 0 Å². The maximum absolute atomic E-state index is 14.6. The van der Waals surface area contributed by atoms with Crippen molar-refractivity contribution in [3.63, 3.8) is 0 Å². The second-order valence-electron chi connectivity index (χ2n) is 6.77. The lowest BCUT2D eigenvalue weighted by atomic mass is 10.0. The zero-order chi connectivity index (χ0) is 20.6. The van der Waals surface area contributed by atoms with E-state index in [2.05, 4.69) is 14.8 Å². The van der Waals surface area contributed by atoms with Gasteiger partial charge in [-0.05, 0) is 25.3 Å². The smallest absolute Gasteiger partial charge is 0.266 e. The molecular weight excluding hydrogens is 422 g/mol. The van der Waals surface area contributed by atoms with E-state index in [0.29, 0.717) is 12.5 Å². The minimum absolute atomic E-state index is 0.000276. The Morgan fingerprint density at radius 3 is 2.79 bits per heavy atom. The topological polar surface area (TPSA) is 86.1 Å². The van der Waals surface area contributed by atoms with Gasteiger partial charge in [0.1, 0.15) is 16.8 Å². The van der Waals surface area contributed by atoms with E-state index in [-0.39, 0.29) is 23.6 Å². The van der Waals surface area contributed by atoms with E-state index in [1.165, 1.54) is 22.2 Å². The van der Waals surface area contributed by atoms with Gasteiger partial charge < -0.3 is 4.74 Å². The molecule has 1 aliphatic rings. The molecule has 2 aromatic heterocycles. The molecule has 7 nitrogen and oxygen atoms in total. The molecule has 0 bridgehead atoms. The quantitative estimate of drug-likeness (QED) is 0.632. The fraction of sp³-hybridized carbons (Fsp3) is 0.333. The third-order valence-electron chi connectivity index (χ3n) is 4.92. The van der Waals surface area contributed by atoms with E-state index in [1.54, 1.807) is 10.9 Å². The van der Waals surface area contributed by atoms with Crippen molar-refractivity contribution in [2.24, 2.45) is 7.05 Å². The van der Waals surface area contributed by atoms with Crippen LogP contribution in [0.5, 0.6) is 5.75 Å². The lowest BCUT2D eigenvalue weighted by Gasteiger charge is -2.22. The number of aromatic nitrogens is 3. The second kappa shape index (κ2) is 7.71. The third-order valence-corrected chi connectivity index (χ3v) is 6.87. The first-order valence-corrected chi connectivity index (χ1v) is 11.3. The van der Waals surface area contributed by atoms with Gasteiger partial charge >= 0.3 is 0 Å². The zero-order valence-corrected chi connectivity index (χ0v) is 17.0. The molecule has 1 aliphatic carbocycles. The molecule has 29 heavy (non-hydrogen) atoms. The number of hydrogen-bond acceptors (Lipinski definition) is 6. The van der Waals surface area contributed by atoms with Gasteiger partial charge in [0.2, 0.25) is 0 Å². The number of thiazole rings is 1. The number of benzene rings is 1. The molecule has 154 valence electrons. The van der Waals surface area contributed by atoms with Gasteiger partial charge in [-0.15, -0.1) is 11.3 Å². The average molecular weight is 440 g/mol. The Balaban J connectivity index is 1.58. The first kappa shape index (κ1) is 19.8. The standard InChI is InChI=1S/C18H18F2N4O3S2/c1-24-14(5-6-22-24)11-3-2-4-15(11)27-16-7-13(20)17(8-12(16)19)29(25,26)23-18-9-28-10-21-18/h5-11,15,23H,2-4H2,1H3/t11-,15+/m1/s1. The summed E-state index contributed by atoms with van der Waals surface area (Å²) in [7, 11) is -2.50. The Kier molecular flexibility index (Phi) is 5.26. The summed E-state index contributed by atoms with van der Waals surface area (Å²) in [4.78, 5) is 2.98. The van der Waals surface area contributed by atoms with Gasteiger partial charge in [0.25, 0.3) is 10.0 Å². The summed E-state index contributed by atoms with van der Waals surface area (Å²) >= 11 is 1.17. The van der Waals surface area contributed by atoms with Crippen molar-refractivity contribution in [1.29, 1.82) is 0 Å². The lowest BCUT2D eigenvalue weighted by Crippen LogP contribution is -2.23. The summed E-state index contributed by atoms with van der Waals surface area (Å²) in [6.45, 7) is 0. The molecule has 1 N–H and O–H groups in total. The van der Waals surface area contributed by atoms with Crippen LogP contribution in [0.3, 0.4) is 0 Å². The van der Waals surface area contributed by atoms with E-state index in [4.69, 9.17) is 4.74 Å². The highest BCUT2D eigenvalue weighted by Gasteiger charge is 2.33. The van der Waals surface area contributed by atoms with Crippen molar-refractivity contribution in [1.82, 2.24) is 14.8 Å². The van der Waals surface area contributed by atoms with Gasteiger partial charge in [-0.3, -0.25) is 9.40 Å². The third kappa shape index (κ3) is 3.97. The number of nitrogens with zero attached hydrogens (tertiary/aromatic N) is 3. The van der Waals surface area contributed by atoms with Crippen LogP contribution in [0.25, 0.3) is 0 Å². The van der Waals surface area contributed by atoms with Crippen molar-refractivity contribution < 1.29 is 21.9 Å². The average Bonchev–Trinajstić information content (AvgIpc) is 3.40. The summed E-state index contributed by atoms with van der Waals surface area (Å²) < 4.78 is 63.6. The number of anilines is 1. The predicted molar refractivity (Wildman–Crippen MR) is 103 cm³/mol. The Labute approximate surface area is 170 Å². The Morgan fingerprint density at radius 1 is 1.28 bits per heavy atom. The monoisotopic (exact) mass is 440 g/mol. The number of ether oxygens (including phenoxy) is 1. The summed E-state index contributed by atoms with van der Waals surface area (Å²) in [5, 5.41) is 5.60. The molecule has 3 aromatic rings. The van der Waals surface area contributed by atoms with E-state index in [1.807, 2.05) is 13.1 Å². The first-order valence-electron chi connectivity index (χ1n) is 8.90. The molecule has 0 amide bonds. The normalized spacial score (nSPS) is 19.4. The van der Waals surface area contributed by atoms with Crippen molar-refractivity contribution in [3.05, 3.63) is 52.6 Å². The first-order chi connectivity index (χ1) is 13.8. The number of hydrogen-bond donors (Lipinski definition) is 1. The van der Waals surface area contributed by atoms with Crippen LogP contribution in [0.15, 0.2) is 40.2 Å². The number of nitrogens with one attached hydrogen (secondary N) is 1. The maximum atomic E-state index is 14.6. The summed E-state index contributed by atoms with van der Waals surface area (Å²) in [6, 6.07) is 3.29. The highest BCUT2D eigenvalue weighted by molar-refractivity contribution is 7.92. The zero-order valence-electron chi connectivity index (χ0n) is 15.4. The van der Waals surface area contributed by atoms with Crippen LogP contribution in [0.2, 0.25) is 0 Å². The molecule has 2 heterocycles. The van der Waals surface area contributed by atoms with Crippen LogP contribution >= 0.6 is 11.3 Å². The van der Waals surface area contributed by atoms with Crippen LogP contribution in [-0.4, -0.2) is 29.3 Å². The van der Waals surface area contributed by atoms with Gasteiger partial charge in [-0.2, -0.15) is 5.10 Å². The van der Waals surface area contributed by atoms with Crippen LogP contribution < -0.4 is 9.46 Å². The Hall–Kier alpha value is -2.53. The molecule has 0 spiro atoms.